The molecule has 0 fully saturated rings. The molecular formula is C29H29N3O3. The van der Waals surface area contributed by atoms with Gasteiger partial charge in [0.15, 0.2) is 0 Å². The van der Waals surface area contributed by atoms with E-state index in [4.69, 9.17) is 5.11 Å². The van der Waals surface area contributed by atoms with E-state index in [0.29, 0.717) is 5.69 Å². The fourth-order valence-corrected chi connectivity index (χ4v) is 4.49. The summed E-state index contributed by atoms with van der Waals surface area (Å²) < 4.78 is 1.99. The van der Waals surface area contributed by atoms with Crippen molar-refractivity contribution >= 4 is 11.8 Å². The maximum Gasteiger partial charge on any atom is 0.304 e. The zero-order valence-electron chi connectivity index (χ0n) is 19.9. The Morgan fingerprint density at radius 1 is 0.829 bits per heavy atom. The number of hydrogen-bond donors (Lipinski definition) is 2. The molecule has 0 spiro atoms. The fraction of sp³-hybridized carbons (Fsp3) is 0.207. The molecule has 0 radical (unpaired) electrons. The second-order valence-electron chi connectivity index (χ2n) is 9.00. The van der Waals surface area contributed by atoms with Gasteiger partial charge in [0.25, 0.3) is 0 Å². The van der Waals surface area contributed by atoms with E-state index in [1.54, 1.807) is 26.4 Å². The molecule has 0 saturated heterocycles. The lowest BCUT2D eigenvalue weighted by atomic mass is 9.76. The van der Waals surface area contributed by atoms with Gasteiger partial charge in [0, 0.05) is 12.7 Å². The van der Waals surface area contributed by atoms with Crippen molar-refractivity contribution in [1.82, 2.24) is 14.9 Å². The Morgan fingerprint density at radius 2 is 1.29 bits per heavy atom. The Labute approximate surface area is 205 Å². The molecule has 4 rings (SSSR count). The van der Waals surface area contributed by atoms with Gasteiger partial charge in [-0.05, 0) is 30.5 Å². The van der Waals surface area contributed by atoms with Gasteiger partial charge in [-0.2, -0.15) is 0 Å². The standard InChI is InChI=1S/C29H29N3O3/c1-28(2,31-19-18-26(33)34)27(35)25-20-32(21-30-25)29(22-12-6-3-7-13-22,23-14-8-4-9-15-23)24-16-10-5-11-17-24/h3-17,20-21,31H,18-19H2,1-2H3,(H,33,34). The largest absolute Gasteiger partial charge is 0.481 e. The van der Waals surface area contributed by atoms with Gasteiger partial charge in [0.1, 0.15) is 11.2 Å². The maximum absolute atomic E-state index is 13.4. The minimum absolute atomic E-state index is 0.0652. The highest BCUT2D eigenvalue weighted by Crippen LogP contribution is 2.40. The first kappa shape index (κ1) is 24.1. The second-order valence-corrected chi connectivity index (χ2v) is 9.00. The molecular weight excluding hydrogens is 438 g/mol. The summed E-state index contributed by atoms with van der Waals surface area (Å²) in [5, 5.41) is 12.0. The Hall–Kier alpha value is -4.03. The van der Waals surface area contributed by atoms with E-state index in [1.165, 1.54) is 0 Å². The number of carboxylic acid groups (broad SMARTS) is 1. The minimum atomic E-state index is -0.969. The molecule has 1 heterocycles. The molecule has 1 aromatic heterocycles. The highest BCUT2D eigenvalue weighted by Gasteiger charge is 2.39. The van der Waals surface area contributed by atoms with Crippen molar-refractivity contribution in [3.8, 4) is 0 Å². The second kappa shape index (κ2) is 10.1. The molecule has 0 aliphatic heterocycles. The van der Waals surface area contributed by atoms with E-state index in [1.807, 2.05) is 59.2 Å². The molecule has 0 aliphatic carbocycles. The summed E-state index contributed by atoms with van der Waals surface area (Å²) in [5.41, 5.74) is 1.69. The van der Waals surface area contributed by atoms with Crippen molar-refractivity contribution in [3.05, 3.63) is 126 Å². The Bertz CT molecular complexity index is 1190. The van der Waals surface area contributed by atoms with Crippen molar-refractivity contribution in [2.75, 3.05) is 6.54 Å². The zero-order chi connectivity index (χ0) is 24.9. The average molecular weight is 468 g/mol. The van der Waals surface area contributed by atoms with Gasteiger partial charge in [-0.15, -0.1) is 0 Å². The van der Waals surface area contributed by atoms with Crippen LogP contribution in [0.4, 0.5) is 0 Å². The number of carbonyl (C=O) groups is 2. The molecule has 0 bridgehead atoms. The number of benzene rings is 3. The van der Waals surface area contributed by atoms with Crippen LogP contribution in [0.25, 0.3) is 0 Å². The van der Waals surface area contributed by atoms with Crippen molar-refractivity contribution in [3.63, 3.8) is 0 Å². The SMILES string of the molecule is CC(C)(NCCC(=O)O)C(=O)c1cn(C(c2ccccc2)(c2ccccc2)c2ccccc2)cn1. The van der Waals surface area contributed by atoms with Gasteiger partial charge >= 0.3 is 5.97 Å². The number of carbonyl (C=O) groups excluding carboxylic acids is 1. The number of rotatable bonds is 10. The number of carboxylic acids is 1. The molecule has 35 heavy (non-hydrogen) atoms. The molecule has 0 atom stereocenters. The van der Waals surface area contributed by atoms with Crippen molar-refractivity contribution in [1.29, 1.82) is 0 Å². The van der Waals surface area contributed by atoms with E-state index in [9.17, 15) is 9.59 Å². The molecule has 2 N–H and O–H groups in total. The molecule has 6 heteroatoms. The van der Waals surface area contributed by atoms with E-state index < -0.39 is 17.0 Å². The lowest BCUT2D eigenvalue weighted by molar-refractivity contribution is -0.136. The van der Waals surface area contributed by atoms with E-state index in [0.717, 1.165) is 16.7 Å². The van der Waals surface area contributed by atoms with Gasteiger partial charge in [-0.1, -0.05) is 91.0 Å². The van der Waals surface area contributed by atoms with Crippen LogP contribution in [0.5, 0.6) is 0 Å². The predicted molar refractivity (Wildman–Crippen MR) is 135 cm³/mol. The number of nitrogens with zero attached hydrogens (tertiary/aromatic N) is 2. The average Bonchev–Trinajstić information content (AvgIpc) is 3.36. The molecule has 0 aliphatic rings. The molecule has 0 saturated carbocycles. The number of aromatic nitrogens is 2. The summed E-state index contributed by atoms with van der Waals surface area (Å²) in [7, 11) is 0. The number of hydrogen-bond acceptors (Lipinski definition) is 4. The van der Waals surface area contributed by atoms with Crippen molar-refractivity contribution in [2.24, 2.45) is 0 Å². The van der Waals surface area contributed by atoms with Crippen LogP contribution in [-0.2, 0) is 10.3 Å². The first-order valence-electron chi connectivity index (χ1n) is 11.6. The van der Waals surface area contributed by atoms with Crippen LogP contribution >= 0.6 is 0 Å². The number of imidazole rings is 1. The first-order valence-corrected chi connectivity index (χ1v) is 11.6. The van der Waals surface area contributed by atoms with Gasteiger partial charge in [0.2, 0.25) is 5.78 Å². The zero-order valence-corrected chi connectivity index (χ0v) is 19.9. The van der Waals surface area contributed by atoms with Crippen LogP contribution in [0.15, 0.2) is 104 Å². The third-order valence-corrected chi connectivity index (χ3v) is 6.25. The fourth-order valence-electron chi connectivity index (χ4n) is 4.49. The summed E-state index contributed by atoms with van der Waals surface area (Å²) in [6, 6.07) is 30.5. The summed E-state index contributed by atoms with van der Waals surface area (Å²) in [6.45, 7) is 3.68. The van der Waals surface area contributed by atoms with Crippen LogP contribution in [-0.4, -0.2) is 38.5 Å². The number of Topliss-reactive ketones (excluding diaryl/α,β-unsaturated/α-hetero) is 1. The van der Waals surface area contributed by atoms with Crippen molar-refractivity contribution < 1.29 is 14.7 Å². The first-order chi connectivity index (χ1) is 16.9. The summed E-state index contributed by atoms with van der Waals surface area (Å²) in [5.74, 6) is -1.12. The van der Waals surface area contributed by atoms with Gasteiger partial charge in [0.05, 0.1) is 18.3 Å². The van der Waals surface area contributed by atoms with Crippen LogP contribution in [0.2, 0.25) is 0 Å². The van der Waals surface area contributed by atoms with Gasteiger partial charge < -0.3 is 15.0 Å². The molecule has 178 valence electrons. The Balaban J connectivity index is 1.85. The summed E-state index contributed by atoms with van der Waals surface area (Å²) >= 11 is 0. The van der Waals surface area contributed by atoms with E-state index in [2.05, 4.69) is 46.7 Å². The third kappa shape index (κ3) is 4.79. The van der Waals surface area contributed by atoms with E-state index in [-0.39, 0.29) is 18.7 Å². The van der Waals surface area contributed by atoms with Crippen LogP contribution < -0.4 is 5.32 Å². The number of ketones is 1. The van der Waals surface area contributed by atoms with Gasteiger partial charge in [-0.25, -0.2) is 4.98 Å². The lowest BCUT2D eigenvalue weighted by Crippen LogP contribution is -2.47. The van der Waals surface area contributed by atoms with Crippen molar-refractivity contribution in [2.45, 2.75) is 31.3 Å². The Morgan fingerprint density at radius 3 is 1.71 bits per heavy atom. The quantitative estimate of drug-likeness (QED) is 0.260. The summed E-state index contributed by atoms with van der Waals surface area (Å²) in [4.78, 5) is 28.8. The highest BCUT2D eigenvalue weighted by molar-refractivity contribution is 6.01. The third-order valence-electron chi connectivity index (χ3n) is 6.25. The number of nitrogens with one attached hydrogen (secondary N) is 1. The molecule has 4 aromatic rings. The topological polar surface area (TPSA) is 84.2 Å². The van der Waals surface area contributed by atoms with Crippen LogP contribution in [0.1, 0.15) is 47.4 Å². The van der Waals surface area contributed by atoms with E-state index >= 15 is 0 Å². The normalized spacial score (nSPS) is 11.8. The van der Waals surface area contributed by atoms with Gasteiger partial charge in [-0.3, -0.25) is 9.59 Å². The summed E-state index contributed by atoms with van der Waals surface area (Å²) in [6.07, 6.45) is 3.42. The molecule has 0 unspecified atom stereocenters. The monoisotopic (exact) mass is 467 g/mol. The minimum Gasteiger partial charge on any atom is -0.481 e. The Kier molecular flexibility index (Phi) is 6.94. The lowest BCUT2D eigenvalue weighted by Gasteiger charge is -2.37. The predicted octanol–water partition coefficient (Wildman–Crippen LogP) is 4.75. The van der Waals surface area contributed by atoms with Crippen LogP contribution in [0, 0.1) is 0 Å². The molecule has 6 nitrogen and oxygen atoms in total. The van der Waals surface area contributed by atoms with Crippen LogP contribution in [0.3, 0.4) is 0 Å². The smallest absolute Gasteiger partial charge is 0.304 e. The maximum atomic E-state index is 13.4. The highest BCUT2D eigenvalue weighted by atomic mass is 16.4. The molecule has 0 amide bonds. The molecule has 3 aromatic carbocycles. The number of aliphatic carboxylic acids is 1.